The number of alkyl halides is 1. The summed E-state index contributed by atoms with van der Waals surface area (Å²) in [6, 6.07) is 9.17. The first-order chi connectivity index (χ1) is 14.3. The van der Waals surface area contributed by atoms with Crippen molar-refractivity contribution in [3.8, 4) is 0 Å². The Morgan fingerprint density at radius 2 is 1.61 bits per heavy atom. The zero-order valence-corrected chi connectivity index (χ0v) is 19.0. The van der Waals surface area contributed by atoms with Gasteiger partial charge in [0, 0.05) is 0 Å². The molecule has 1 N–H and O–H groups in total. The average Bonchev–Trinajstić information content (AvgIpc) is 2.68. The normalized spacial score (nSPS) is 26.9. The summed E-state index contributed by atoms with van der Waals surface area (Å²) in [5, 5.41) is 10.6. The van der Waals surface area contributed by atoms with Crippen molar-refractivity contribution in [2.45, 2.75) is 78.9 Å². The molecule has 1 heterocycles. The number of ether oxygens (including phenoxy) is 4. The molecule has 0 aromatic heterocycles. The van der Waals surface area contributed by atoms with E-state index in [1.165, 1.54) is 0 Å². The van der Waals surface area contributed by atoms with Gasteiger partial charge in [-0.1, -0.05) is 30.3 Å². The standard InChI is InChI=1S/C23H33FO7/c1-22(2,3)20(26)29-13-15-16(24)18(31-21(27)23(4,5)6)17(25)19(30-15)28-12-14-10-8-7-9-11-14/h7-11,15-19,25H,12-13H2,1-6H3/t15?,16-,17+,18+,19?/m1/s1. The van der Waals surface area contributed by atoms with E-state index in [0.29, 0.717) is 0 Å². The Labute approximate surface area is 182 Å². The van der Waals surface area contributed by atoms with Gasteiger partial charge in [-0.3, -0.25) is 9.59 Å². The second-order valence-corrected chi connectivity index (χ2v) is 9.74. The van der Waals surface area contributed by atoms with Crippen molar-refractivity contribution >= 4 is 11.9 Å². The number of carbonyl (C=O) groups excluding carboxylic acids is 2. The van der Waals surface area contributed by atoms with Crippen LogP contribution in [0.5, 0.6) is 0 Å². The Bertz CT molecular complexity index is 739. The maximum Gasteiger partial charge on any atom is 0.311 e. The van der Waals surface area contributed by atoms with E-state index in [2.05, 4.69) is 0 Å². The number of carbonyl (C=O) groups is 2. The van der Waals surface area contributed by atoms with E-state index in [1.54, 1.807) is 41.5 Å². The van der Waals surface area contributed by atoms with Crippen LogP contribution in [0.2, 0.25) is 0 Å². The molecular formula is C23H33FO7. The number of aliphatic hydroxyl groups is 1. The molecular weight excluding hydrogens is 407 g/mol. The van der Waals surface area contributed by atoms with Crippen LogP contribution < -0.4 is 0 Å². The van der Waals surface area contributed by atoms with Crippen molar-refractivity contribution in [3.63, 3.8) is 0 Å². The van der Waals surface area contributed by atoms with Crippen LogP contribution in [0.1, 0.15) is 47.1 Å². The molecule has 5 atom stereocenters. The Hall–Kier alpha value is -2.03. The number of benzene rings is 1. The predicted octanol–water partition coefficient (Wildman–Crippen LogP) is 3.17. The molecule has 31 heavy (non-hydrogen) atoms. The van der Waals surface area contributed by atoms with Gasteiger partial charge >= 0.3 is 11.9 Å². The van der Waals surface area contributed by atoms with Crippen LogP contribution in [0.4, 0.5) is 4.39 Å². The number of rotatable bonds is 6. The van der Waals surface area contributed by atoms with E-state index in [0.717, 1.165) is 5.56 Å². The Kier molecular flexibility index (Phi) is 8.19. The Morgan fingerprint density at radius 3 is 2.16 bits per heavy atom. The summed E-state index contributed by atoms with van der Waals surface area (Å²) in [5.74, 6) is -1.20. The zero-order valence-electron chi connectivity index (χ0n) is 19.0. The molecule has 7 nitrogen and oxygen atoms in total. The number of esters is 2. The van der Waals surface area contributed by atoms with E-state index in [4.69, 9.17) is 18.9 Å². The van der Waals surface area contributed by atoms with Gasteiger partial charge in [0.15, 0.2) is 18.6 Å². The minimum atomic E-state index is -1.91. The Balaban J connectivity index is 2.16. The number of hydrogen-bond acceptors (Lipinski definition) is 7. The molecule has 1 saturated heterocycles. The van der Waals surface area contributed by atoms with E-state index in [1.807, 2.05) is 30.3 Å². The lowest BCUT2D eigenvalue weighted by molar-refractivity contribution is -0.298. The minimum Gasteiger partial charge on any atom is -0.462 e. The van der Waals surface area contributed by atoms with Gasteiger partial charge < -0.3 is 24.1 Å². The summed E-state index contributed by atoms with van der Waals surface area (Å²) in [6.45, 7) is 9.59. The van der Waals surface area contributed by atoms with Crippen LogP contribution in [0.3, 0.4) is 0 Å². The highest BCUT2D eigenvalue weighted by Gasteiger charge is 2.50. The van der Waals surface area contributed by atoms with E-state index < -0.39 is 60.1 Å². The molecule has 0 amide bonds. The largest absolute Gasteiger partial charge is 0.462 e. The fraction of sp³-hybridized carbons (Fsp3) is 0.652. The van der Waals surface area contributed by atoms with Gasteiger partial charge in [-0.25, -0.2) is 4.39 Å². The highest BCUT2D eigenvalue weighted by atomic mass is 19.1. The van der Waals surface area contributed by atoms with Gasteiger partial charge in [-0.2, -0.15) is 0 Å². The molecule has 8 heteroatoms. The SMILES string of the molecule is CC(C)(C)C(=O)OCC1OC(OCc2ccccc2)[C@@H](O)[C@@H](OC(=O)C(C)(C)C)[C@@H]1F. The van der Waals surface area contributed by atoms with Gasteiger partial charge in [-0.05, 0) is 47.1 Å². The number of halogens is 1. The van der Waals surface area contributed by atoms with Crippen LogP contribution in [0, 0.1) is 10.8 Å². The molecule has 174 valence electrons. The first kappa shape index (κ1) is 25.2. The second kappa shape index (κ2) is 10.1. The molecule has 0 aliphatic carbocycles. The van der Waals surface area contributed by atoms with E-state index in [-0.39, 0.29) is 6.61 Å². The lowest BCUT2D eigenvalue weighted by atomic mass is 9.95. The van der Waals surface area contributed by atoms with Gasteiger partial charge in [-0.15, -0.1) is 0 Å². The van der Waals surface area contributed by atoms with Crippen LogP contribution in [0.25, 0.3) is 0 Å². The first-order valence-electron chi connectivity index (χ1n) is 10.3. The molecule has 2 rings (SSSR count). The summed E-state index contributed by atoms with van der Waals surface area (Å²) >= 11 is 0. The van der Waals surface area contributed by atoms with Gasteiger partial charge in [0.1, 0.15) is 18.8 Å². The minimum absolute atomic E-state index is 0.0912. The maximum absolute atomic E-state index is 15.2. The highest BCUT2D eigenvalue weighted by molar-refractivity contribution is 5.76. The molecule has 0 bridgehead atoms. The fourth-order valence-electron chi connectivity index (χ4n) is 2.71. The third-order valence-electron chi connectivity index (χ3n) is 4.70. The monoisotopic (exact) mass is 440 g/mol. The van der Waals surface area contributed by atoms with Crippen molar-refractivity contribution in [1.82, 2.24) is 0 Å². The highest BCUT2D eigenvalue weighted by Crippen LogP contribution is 2.30. The smallest absolute Gasteiger partial charge is 0.311 e. The summed E-state index contributed by atoms with van der Waals surface area (Å²) < 4.78 is 36.9. The summed E-state index contributed by atoms with van der Waals surface area (Å²) in [4.78, 5) is 24.4. The topological polar surface area (TPSA) is 91.3 Å². The lowest BCUT2D eigenvalue weighted by Gasteiger charge is -2.41. The number of hydrogen-bond donors (Lipinski definition) is 1. The van der Waals surface area contributed by atoms with Crippen LogP contribution >= 0.6 is 0 Å². The third-order valence-corrected chi connectivity index (χ3v) is 4.70. The van der Waals surface area contributed by atoms with Crippen LogP contribution in [0.15, 0.2) is 30.3 Å². The van der Waals surface area contributed by atoms with Crippen LogP contribution in [-0.4, -0.2) is 54.4 Å². The zero-order chi connectivity index (χ0) is 23.4. The van der Waals surface area contributed by atoms with Gasteiger partial charge in [0.25, 0.3) is 0 Å². The molecule has 0 saturated carbocycles. The molecule has 1 aliphatic heterocycles. The van der Waals surface area contributed by atoms with Crippen molar-refractivity contribution in [2.24, 2.45) is 10.8 Å². The Morgan fingerprint density at radius 1 is 1.03 bits per heavy atom. The summed E-state index contributed by atoms with van der Waals surface area (Å²) in [6.07, 6.45) is -7.54. The molecule has 1 aromatic carbocycles. The average molecular weight is 441 g/mol. The molecule has 1 aromatic rings. The fourth-order valence-corrected chi connectivity index (χ4v) is 2.71. The van der Waals surface area contributed by atoms with Gasteiger partial charge in [0.2, 0.25) is 0 Å². The second-order valence-electron chi connectivity index (χ2n) is 9.74. The first-order valence-corrected chi connectivity index (χ1v) is 10.3. The molecule has 1 aliphatic rings. The quantitative estimate of drug-likeness (QED) is 0.680. The molecule has 0 radical (unpaired) electrons. The summed E-state index contributed by atoms with van der Waals surface area (Å²) in [5.41, 5.74) is -0.854. The summed E-state index contributed by atoms with van der Waals surface area (Å²) in [7, 11) is 0. The molecule has 2 unspecified atom stereocenters. The van der Waals surface area contributed by atoms with Gasteiger partial charge in [0.05, 0.1) is 17.4 Å². The van der Waals surface area contributed by atoms with Crippen molar-refractivity contribution in [3.05, 3.63) is 35.9 Å². The van der Waals surface area contributed by atoms with E-state index in [9.17, 15) is 14.7 Å². The van der Waals surface area contributed by atoms with Crippen LogP contribution in [-0.2, 0) is 35.1 Å². The maximum atomic E-state index is 15.2. The third kappa shape index (κ3) is 6.98. The van der Waals surface area contributed by atoms with Crippen molar-refractivity contribution in [1.29, 1.82) is 0 Å². The van der Waals surface area contributed by atoms with E-state index >= 15 is 4.39 Å². The molecule has 0 spiro atoms. The molecule has 1 fully saturated rings. The van der Waals surface area contributed by atoms with Crippen molar-refractivity contribution in [2.75, 3.05) is 6.61 Å². The predicted molar refractivity (Wildman–Crippen MR) is 111 cm³/mol. The van der Waals surface area contributed by atoms with Crippen molar-refractivity contribution < 1.29 is 38.0 Å². The lowest BCUT2D eigenvalue weighted by Crippen LogP contribution is -2.59. The number of aliphatic hydroxyl groups excluding tert-OH is 1.